The standard InChI is InChI=1S/C9H18N2O3/c1-5(2)8(10)9(14)11-6(3)4-7(12)13/h5-6,8H,4,10H2,1-3H3,(H,11,14)(H,12,13). The lowest BCUT2D eigenvalue weighted by atomic mass is 10.0. The van der Waals surface area contributed by atoms with Crippen molar-refractivity contribution in [1.82, 2.24) is 5.32 Å². The lowest BCUT2D eigenvalue weighted by Crippen LogP contribution is -2.47. The Bertz CT molecular complexity index is 216. The molecule has 0 aromatic heterocycles. The summed E-state index contributed by atoms with van der Waals surface area (Å²) in [6, 6.07) is -0.962. The van der Waals surface area contributed by atoms with Crippen molar-refractivity contribution < 1.29 is 14.7 Å². The molecule has 0 aliphatic rings. The summed E-state index contributed by atoms with van der Waals surface area (Å²) >= 11 is 0. The predicted molar refractivity (Wildman–Crippen MR) is 52.7 cm³/mol. The Morgan fingerprint density at radius 1 is 1.36 bits per heavy atom. The van der Waals surface area contributed by atoms with E-state index in [0.29, 0.717) is 0 Å². The van der Waals surface area contributed by atoms with Crippen LogP contribution >= 0.6 is 0 Å². The van der Waals surface area contributed by atoms with Gasteiger partial charge in [-0.3, -0.25) is 9.59 Å². The zero-order chi connectivity index (χ0) is 11.3. The summed E-state index contributed by atoms with van der Waals surface area (Å²) in [7, 11) is 0. The second-order valence-electron chi connectivity index (χ2n) is 3.78. The minimum Gasteiger partial charge on any atom is -0.481 e. The monoisotopic (exact) mass is 202 g/mol. The van der Waals surface area contributed by atoms with Crippen molar-refractivity contribution in [1.29, 1.82) is 0 Å². The minimum absolute atomic E-state index is 0.0482. The van der Waals surface area contributed by atoms with E-state index in [0.717, 1.165) is 0 Å². The molecule has 0 rings (SSSR count). The molecule has 0 aliphatic heterocycles. The van der Waals surface area contributed by atoms with Crippen molar-refractivity contribution in [3.05, 3.63) is 0 Å². The number of aliphatic carboxylic acids is 1. The van der Waals surface area contributed by atoms with E-state index in [2.05, 4.69) is 5.32 Å². The van der Waals surface area contributed by atoms with Gasteiger partial charge in [0, 0.05) is 6.04 Å². The maximum atomic E-state index is 11.3. The van der Waals surface area contributed by atoms with Crippen LogP contribution < -0.4 is 11.1 Å². The number of rotatable bonds is 5. The molecular weight excluding hydrogens is 184 g/mol. The molecule has 0 aliphatic carbocycles. The number of hydrogen-bond acceptors (Lipinski definition) is 3. The number of nitrogens with one attached hydrogen (secondary N) is 1. The van der Waals surface area contributed by atoms with Crippen molar-refractivity contribution in [3.63, 3.8) is 0 Å². The van der Waals surface area contributed by atoms with Crippen molar-refractivity contribution in [2.75, 3.05) is 0 Å². The van der Waals surface area contributed by atoms with Gasteiger partial charge in [-0.05, 0) is 12.8 Å². The van der Waals surface area contributed by atoms with Crippen molar-refractivity contribution in [3.8, 4) is 0 Å². The third-order valence-electron chi connectivity index (χ3n) is 1.89. The number of amides is 1. The van der Waals surface area contributed by atoms with Gasteiger partial charge < -0.3 is 16.2 Å². The average molecular weight is 202 g/mol. The minimum atomic E-state index is -0.934. The number of nitrogens with two attached hydrogens (primary N) is 1. The Hall–Kier alpha value is -1.10. The largest absolute Gasteiger partial charge is 0.481 e. The lowest BCUT2D eigenvalue weighted by molar-refractivity contribution is -0.137. The van der Waals surface area contributed by atoms with Gasteiger partial charge in [0.15, 0.2) is 0 Å². The fourth-order valence-electron chi connectivity index (χ4n) is 0.955. The van der Waals surface area contributed by atoms with E-state index in [1.165, 1.54) is 0 Å². The highest BCUT2D eigenvalue weighted by molar-refractivity contribution is 5.82. The molecule has 0 spiro atoms. The van der Waals surface area contributed by atoms with Gasteiger partial charge in [0.2, 0.25) is 5.91 Å². The van der Waals surface area contributed by atoms with E-state index >= 15 is 0 Å². The molecule has 14 heavy (non-hydrogen) atoms. The first-order valence-electron chi connectivity index (χ1n) is 4.62. The van der Waals surface area contributed by atoms with Gasteiger partial charge in [-0.1, -0.05) is 13.8 Å². The molecule has 0 bridgehead atoms. The highest BCUT2D eigenvalue weighted by Crippen LogP contribution is 1.99. The molecule has 0 fully saturated rings. The summed E-state index contributed by atoms with van der Waals surface area (Å²) in [5, 5.41) is 11.0. The Morgan fingerprint density at radius 2 is 1.86 bits per heavy atom. The third kappa shape index (κ3) is 4.81. The lowest BCUT2D eigenvalue weighted by Gasteiger charge is -2.18. The predicted octanol–water partition coefficient (Wildman–Crippen LogP) is -0.0509. The Labute approximate surface area is 83.7 Å². The smallest absolute Gasteiger partial charge is 0.305 e. The van der Waals surface area contributed by atoms with Crippen LogP contribution in [0, 0.1) is 5.92 Å². The third-order valence-corrected chi connectivity index (χ3v) is 1.89. The van der Waals surface area contributed by atoms with Crippen LogP contribution in [0.5, 0.6) is 0 Å². The Balaban J connectivity index is 3.99. The molecule has 0 heterocycles. The summed E-state index contributed by atoms with van der Waals surface area (Å²) < 4.78 is 0. The molecule has 0 saturated carbocycles. The quantitative estimate of drug-likeness (QED) is 0.582. The van der Waals surface area contributed by atoms with E-state index in [-0.39, 0.29) is 24.3 Å². The van der Waals surface area contributed by atoms with Crippen LogP contribution in [0.25, 0.3) is 0 Å². The van der Waals surface area contributed by atoms with Crippen LogP contribution in [0.3, 0.4) is 0 Å². The summed E-state index contributed by atoms with van der Waals surface area (Å²) in [6.07, 6.45) is -0.0868. The van der Waals surface area contributed by atoms with Crippen LogP contribution in [-0.4, -0.2) is 29.1 Å². The van der Waals surface area contributed by atoms with Gasteiger partial charge >= 0.3 is 5.97 Å². The summed E-state index contributed by atoms with van der Waals surface area (Å²) in [6.45, 7) is 5.32. The van der Waals surface area contributed by atoms with Crippen molar-refractivity contribution >= 4 is 11.9 Å². The molecule has 1 amide bonds. The first-order valence-corrected chi connectivity index (χ1v) is 4.62. The zero-order valence-corrected chi connectivity index (χ0v) is 8.78. The summed E-state index contributed by atoms with van der Waals surface area (Å²) in [4.78, 5) is 21.7. The van der Waals surface area contributed by atoms with E-state index in [1.54, 1.807) is 6.92 Å². The molecular formula is C9H18N2O3. The molecule has 0 saturated heterocycles. The molecule has 2 unspecified atom stereocenters. The first kappa shape index (κ1) is 12.9. The van der Waals surface area contributed by atoms with E-state index in [9.17, 15) is 9.59 Å². The van der Waals surface area contributed by atoms with Crippen LogP contribution in [0.15, 0.2) is 0 Å². The normalized spacial score (nSPS) is 14.9. The molecule has 4 N–H and O–H groups in total. The molecule has 82 valence electrons. The summed E-state index contributed by atoms with van der Waals surface area (Å²) in [5.41, 5.74) is 5.58. The van der Waals surface area contributed by atoms with Gasteiger partial charge in [-0.2, -0.15) is 0 Å². The van der Waals surface area contributed by atoms with Gasteiger partial charge in [-0.25, -0.2) is 0 Å². The molecule has 5 heteroatoms. The van der Waals surface area contributed by atoms with Crippen molar-refractivity contribution in [2.45, 2.75) is 39.3 Å². The van der Waals surface area contributed by atoms with Crippen molar-refractivity contribution in [2.24, 2.45) is 11.7 Å². The van der Waals surface area contributed by atoms with Gasteiger partial charge in [-0.15, -0.1) is 0 Å². The van der Waals surface area contributed by atoms with Gasteiger partial charge in [0.05, 0.1) is 12.5 Å². The highest BCUT2D eigenvalue weighted by atomic mass is 16.4. The zero-order valence-electron chi connectivity index (χ0n) is 8.78. The molecule has 0 aromatic rings. The number of carbonyl (C=O) groups excluding carboxylic acids is 1. The van der Waals surface area contributed by atoms with Gasteiger partial charge in [0.1, 0.15) is 0 Å². The van der Waals surface area contributed by atoms with Crippen LogP contribution in [0.2, 0.25) is 0 Å². The maximum absolute atomic E-state index is 11.3. The number of carbonyl (C=O) groups is 2. The fraction of sp³-hybridized carbons (Fsp3) is 0.778. The number of carboxylic acids is 1. The van der Waals surface area contributed by atoms with E-state index in [1.807, 2.05) is 13.8 Å². The first-order chi connectivity index (χ1) is 6.34. The average Bonchev–Trinajstić information content (AvgIpc) is 2.00. The second kappa shape index (κ2) is 5.59. The molecule has 0 radical (unpaired) electrons. The fourth-order valence-corrected chi connectivity index (χ4v) is 0.955. The molecule has 0 aromatic carbocycles. The Morgan fingerprint density at radius 3 is 2.21 bits per heavy atom. The topological polar surface area (TPSA) is 92.4 Å². The second-order valence-corrected chi connectivity index (χ2v) is 3.78. The Kier molecular flexibility index (Phi) is 5.15. The highest BCUT2D eigenvalue weighted by Gasteiger charge is 2.19. The number of carboxylic acid groups (broad SMARTS) is 1. The number of hydrogen-bond donors (Lipinski definition) is 3. The van der Waals surface area contributed by atoms with E-state index in [4.69, 9.17) is 10.8 Å². The molecule has 2 atom stereocenters. The summed E-state index contributed by atoms with van der Waals surface area (Å²) in [5.74, 6) is -1.18. The SMILES string of the molecule is CC(CC(=O)O)NC(=O)C(N)C(C)C. The van der Waals surface area contributed by atoms with E-state index < -0.39 is 12.0 Å². The van der Waals surface area contributed by atoms with Crippen LogP contribution in [0.1, 0.15) is 27.2 Å². The van der Waals surface area contributed by atoms with Crippen LogP contribution in [0.4, 0.5) is 0 Å². The van der Waals surface area contributed by atoms with Gasteiger partial charge in [0.25, 0.3) is 0 Å². The molecule has 5 nitrogen and oxygen atoms in total. The maximum Gasteiger partial charge on any atom is 0.305 e. The van der Waals surface area contributed by atoms with Crippen LogP contribution in [-0.2, 0) is 9.59 Å².